The molecule has 1 aliphatic rings. The molecule has 0 aromatic heterocycles. The van der Waals surface area contributed by atoms with Crippen molar-refractivity contribution in [1.29, 1.82) is 0 Å². The molecule has 120 valence electrons. The number of carbonyl (C=O) groups excluding carboxylic acids is 1. The van der Waals surface area contributed by atoms with Gasteiger partial charge in [0.2, 0.25) is 5.90 Å². The molecule has 0 amide bonds. The first-order valence-corrected chi connectivity index (χ1v) is 7.81. The van der Waals surface area contributed by atoms with Gasteiger partial charge in [0, 0.05) is 37.1 Å². The van der Waals surface area contributed by atoms with E-state index in [2.05, 4.69) is 4.99 Å². The van der Waals surface area contributed by atoms with Gasteiger partial charge in [0.05, 0.1) is 5.54 Å². The number of aliphatic imine (C=N–C) groups is 1. The Balaban J connectivity index is 2.17. The minimum Gasteiger partial charge on any atom is -0.475 e. The van der Waals surface area contributed by atoms with Gasteiger partial charge in [-0.15, -0.1) is 0 Å². The predicted molar refractivity (Wildman–Crippen MR) is 87.8 cm³/mol. The number of methoxy groups -OCH3 is 1. The standard InChI is InChI=1S/C17H22ClNO3/c1-17(2)11-22-16(19-17)15-7-6-13(18)9-12(15)10-14(20)5-4-8-21-3/h6-7,9H,4-5,8,10-11H2,1-3H3. The largest absolute Gasteiger partial charge is 0.475 e. The molecule has 0 aliphatic carbocycles. The average Bonchev–Trinajstić information content (AvgIpc) is 2.79. The third kappa shape index (κ3) is 4.55. The maximum Gasteiger partial charge on any atom is 0.217 e. The van der Waals surface area contributed by atoms with E-state index < -0.39 is 0 Å². The van der Waals surface area contributed by atoms with E-state index in [0.29, 0.717) is 37.0 Å². The van der Waals surface area contributed by atoms with Crippen molar-refractivity contribution in [1.82, 2.24) is 0 Å². The lowest BCUT2D eigenvalue weighted by molar-refractivity contribution is -0.118. The summed E-state index contributed by atoms with van der Waals surface area (Å²) in [5, 5.41) is 0.612. The van der Waals surface area contributed by atoms with Crippen LogP contribution in [0.25, 0.3) is 0 Å². The first-order valence-electron chi connectivity index (χ1n) is 7.43. The Labute approximate surface area is 136 Å². The Morgan fingerprint density at radius 3 is 2.86 bits per heavy atom. The van der Waals surface area contributed by atoms with Crippen molar-refractivity contribution < 1.29 is 14.3 Å². The molecule has 1 heterocycles. The lowest BCUT2D eigenvalue weighted by Crippen LogP contribution is -2.17. The molecule has 4 nitrogen and oxygen atoms in total. The molecule has 1 aliphatic heterocycles. The van der Waals surface area contributed by atoms with Crippen LogP contribution in [0.4, 0.5) is 0 Å². The summed E-state index contributed by atoms with van der Waals surface area (Å²) >= 11 is 6.08. The number of carbonyl (C=O) groups is 1. The second-order valence-corrected chi connectivity index (χ2v) is 6.57. The summed E-state index contributed by atoms with van der Waals surface area (Å²) in [7, 11) is 1.64. The minimum absolute atomic E-state index is 0.165. The van der Waals surface area contributed by atoms with Crippen LogP contribution in [0.5, 0.6) is 0 Å². The Hall–Kier alpha value is -1.39. The fourth-order valence-electron chi connectivity index (χ4n) is 2.35. The summed E-state index contributed by atoms with van der Waals surface area (Å²) in [6.07, 6.45) is 1.57. The predicted octanol–water partition coefficient (Wildman–Crippen LogP) is 3.43. The molecule has 5 heteroatoms. The Morgan fingerprint density at radius 2 is 2.23 bits per heavy atom. The topological polar surface area (TPSA) is 47.9 Å². The van der Waals surface area contributed by atoms with Crippen molar-refractivity contribution >= 4 is 23.3 Å². The lowest BCUT2D eigenvalue weighted by atomic mass is 10.00. The van der Waals surface area contributed by atoms with Crippen LogP contribution in [0.2, 0.25) is 5.02 Å². The molecule has 0 bridgehead atoms. The van der Waals surface area contributed by atoms with Crippen LogP contribution in [0, 0.1) is 0 Å². The average molecular weight is 324 g/mol. The number of halogens is 1. The maximum absolute atomic E-state index is 12.1. The molecule has 0 saturated carbocycles. The van der Waals surface area contributed by atoms with E-state index in [4.69, 9.17) is 21.1 Å². The van der Waals surface area contributed by atoms with Crippen molar-refractivity contribution in [2.24, 2.45) is 4.99 Å². The van der Waals surface area contributed by atoms with Crippen LogP contribution in [0.3, 0.4) is 0 Å². The zero-order valence-electron chi connectivity index (χ0n) is 13.3. The van der Waals surface area contributed by atoms with Crippen molar-refractivity contribution in [3.8, 4) is 0 Å². The van der Waals surface area contributed by atoms with Gasteiger partial charge in [-0.25, -0.2) is 4.99 Å². The summed E-state index contributed by atoms with van der Waals surface area (Å²) < 4.78 is 10.7. The van der Waals surface area contributed by atoms with E-state index >= 15 is 0 Å². The number of Topliss-reactive ketones (excluding diaryl/α,β-unsaturated/α-hetero) is 1. The third-order valence-corrected chi connectivity index (χ3v) is 3.69. The van der Waals surface area contributed by atoms with Crippen LogP contribution >= 0.6 is 11.6 Å². The number of benzene rings is 1. The number of ketones is 1. The van der Waals surface area contributed by atoms with E-state index in [9.17, 15) is 4.79 Å². The van der Waals surface area contributed by atoms with Gasteiger partial charge in [-0.05, 0) is 44.0 Å². The van der Waals surface area contributed by atoms with E-state index in [-0.39, 0.29) is 11.3 Å². The molecule has 0 N–H and O–H groups in total. The molecule has 0 saturated heterocycles. The molecule has 0 radical (unpaired) electrons. The highest BCUT2D eigenvalue weighted by molar-refractivity contribution is 6.30. The summed E-state index contributed by atoms with van der Waals surface area (Å²) in [5.41, 5.74) is 1.50. The van der Waals surface area contributed by atoms with Gasteiger partial charge in [-0.3, -0.25) is 4.79 Å². The molecule has 0 fully saturated rings. The smallest absolute Gasteiger partial charge is 0.217 e. The number of nitrogens with zero attached hydrogens (tertiary/aromatic N) is 1. The monoisotopic (exact) mass is 323 g/mol. The van der Waals surface area contributed by atoms with Crippen molar-refractivity contribution in [3.05, 3.63) is 34.3 Å². The van der Waals surface area contributed by atoms with Crippen LogP contribution in [-0.4, -0.2) is 37.5 Å². The fraction of sp³-hybridized carbons (Fsp3) is 0.529. The SMILES string of the molecule is COCCCC(=O)Cc1cc(Cl)ccc1C1=NC(C)(C)CO1. The summed E-state index contributed by atoms with van der Waals surface area (Å²) in [5.74, 6) is 0.764. The molecule has 0 atom stereocenters. The molecular formula is C17H22ClNO3. The highest BCUT2D eigenvalue weighted by Gasteiger charge is 2.28. The first-order chi connectivity index (χ1) is 10.4. The lowest BCUT2D eigenvalue weighted by Gasteiger charge is -2.09. The molecular weight excluding hydrogens is 302 g/mol. The number of ether oxygens (including phenoxy) is 2. The van der Waals surface area contributed by atoms with Crippen LogP contribution < -0.4 is 0 Å². The highest BCUT2D eigenvalue weighted by atomic mass is 35.5. The molecule has 2 rings (SSSR count). The minimum atomic E-state index is -0.227. The van der Waals surface area contributed by atoms with Gasteiger partial charge >= 0.3 is 0 Å². The van der Waals surface area contributed by atoms with Gasteiger partial charge in [-0.1, -0.05) is 11.6 Å². The number of hydrogen-bond donors (Lipinski definition) is 0. The summed E-state index contributed by atoms with van der Waals surface area (Å²) in [4.78, 5) is 16.7. The van der Waals surface area contributed by atoms with Gasteiger partial charge in [-0.2, -0.15) is 0 Å². The van der Waals surface area contributed by atoms with Crippen LogP contribution in [0.15, 0.2) is 23.2 Å². The second-order valence-electron chi connectivity index (χ2n) is 6.13. The van der Waals surface area contributed by atoms with Gasteiger partial charge in [0.25, 0.3) is 0 Å². The second kappa shape index (κ2) is 7.25. The van der Waals surface area contributed by atoms with E-state index in [1.807, 2.05) is 26.0 Å². The van der Waals surface area contributed by atoms with Gasteiger partial charge in [0.1, 0.15) is 12.4 Å². The van der Waals surface area contributed by atoms with Crippen LogP contribution in [-0.2, 0) is 20.7 Å². The molecule has 1 aromatic rings. The Bertz CT molecular complexity index is 581. The zero-order chi connectivity index (χ0) is 16.2. The van der Waals surface area contributed by atoms with Crippen LogP contribution in [0.1, 0.15) is 37.8 Å². The van der Waals surface area contributed by atoms with Crippen molar-refractivity contribution in [3.63, 3.8) is 0 Å². The van der Waals surface area contributed by atoms with Gasteiger partial charge in [0.15, 0.2) is 0 Å². The summed E-state index contributed by atoms with van der Waals surface area (Å²) in [6, 6.07) is 5.50. The van der Waals surface area contributed by atoms with Crippen molar-refractivity contribution in [2.45, 2.75) is 38.6 Å². The molecule has 0 spiro atoms. The normalized spacial score (nSPS) is 16.3. The number of hydrogen-bond acceptors (Lipinski definition) is 4. The highest BCUT2D eigenvalue weighted by Crippen LogP contribution is 2.25. The first kappa shape index (κ1) is 17.0. The van der Waals surface area contributed by atoms with Gasteiger partial charge < -0.3 is 9.47 Å². The molecule has 1 aromatic carbocycles. The quantitative estimate of drug-likeness (QED) is 0.722. The molecule has 22 heavy (non-hydrogen) atoms. The molecule has 0 unspecified atom stereocenters. The fourth-order valence-corrected chi connectivity index (χ4v) is 2.55. The maximum atomic E-state index is 12.1. The number of rotatable bonds is 7. The van der Waals surface area contributed by atoms with E-state index in [1.165, 1.54) is 0 Å². The Kier molecular flexibility index (Phi) is 5.59. The van der Waals surface area contributed by atoms with Crippen molar-refractivity contribution in [2.75, 3.05) is 20.3 Å². The Morgan fingerprint density at radius 1 is 1.45 bits per heavy atom. The summed E-state index contributed by atoms with van der Waals surface area (Å²) in [6.45, 7) is 5.18. The third-order valence-electron chi connectivity index (χ3n) is 3.46. The van der Waals surface area contributed by atoms with E-state index in [0.717, 1.165) is 17.5 Å². The van der Waals surface area contributed by atoms with E-state index in [1.54, 1.807) is 13.2 Å². The zero-order valence-corrected chi connectivity index (χ0v) is 14.1.